The fourth-order valence-corrected chi connectivity index (χ4v) is 3.68. The highest BCUT2D eigenvalue weighted by Crippen LogP contribution is 2.19. The van der Waals surface area contributed by atoms with Crippen LogP contribution in [0.25, 0.3) is 0 Å². The van der Waals surface area contributed by atoms with E-state index in [1.54, 1.807) is 31.4 Å². The number of carbonyl (C=O) groups excluding carboxylic acids is 2. The molecule has 1 heterocycles. The van der Waals surface area contributed by atoms with Crippen LogP contribution in [0.2, 0.25) is 0 Å². The van der Waals surface area contributed by atoms with Gasteiger partial charge in [0.15, 0.2) is 5.16 Å². The van der Waals surface area contributed by atoms with E-state index in [1.165, 1.54) is 11.8 Å². The lowest BCUT2D eigenvalue weighted by Crippen LogP contribution is -2.18. The molecule has 0 bridgehead atoms. The molecule has 9 heteroatoms. The summed E-state index contributed by atoms with van der Waals surface area (Å²) in [7, 11) is 1.59. The van der Waals surface area contributed by atoms with Crippen molar-refractivity contribution in [2.45, 2.75) is 32.0 Å². The van der Waals surface area contributed by atoms with E-state index in [1.807, 2.05) is 42.7 Å². The third-order valence-electron chi connectivity index (χ3n) is 4.47. The number of thioether (sulfide) groups is 1. The Balaban J connectivity index is 1.55. The van der Waals surface area contributed by atoms with E-state index in [0.29, 0.717) is 23.2 Å². The number of methoxy groups -OCH3 is 1. The first-order valence-electron chi connectivity index (χ1n) is 9.83. The number of amides is 2. The second-order valence-corrected chi connectivity index (χ2v) is 7.74. The maximum absolute atomic E-state index is 12.4. The molecule has 0 unspecified atom stereocenters. The van der Waals surface area contributed by atoms with Crippen LogP contribution in [0.5, 0.6) is 5.75 Å². The maximum atomic E-state index is 12.4. The number of aryl methyl sites for hydroxylation is 1. The molecule has 3 rings (SSSR count). The molecule has 0 spiro atoms. The molecule has 0 aliphatic carbocycles. The normalized spacial score (nSPS) is 10.5. The molecule has 1 aromatic heterocycles. The summed E-state index contributed by atoms with van der Waals surface area (Å²) in [6.07, 6.45) is 0.0863. The van der Waals surface area contributed by atoms with Gasteiger partial charge >= 0.3 is 0 Å². The number of anilines is 2. The molecule has 162 valence electrons. The number of ether oxygens (including phenoxy) is 1. The van der Waals surface area contributed by atoms with Gasteiger partial charge in [-0.3, -0.25) is 9.59 Å². The average Bonchev–Trinajstić information content (AvgIpc) is 3.15. The van der Waals surface area contributed by atoms with E-state index in [9.17, 15) is 9.59 Å². The molecule has 2 amide bonds. The van der Waals surface area contributed by atoms with E-state index in [0.717, 1.165) is 17.0 Å². The summed E-state index contributed by atoms with van der Waals surface area (Å²) in [6, 6.07) is 14.7. The Morgan fingerprint density at radius 2 is 1.58 bits per heavy atom. The Morgan fingerprint density at radius 3 is 2.19 bits per heavy atom. The Morgan fingerprint density at radius 1 is 0.968 bits per heavy atom. The second kappa shape index (κ2) is 10.6. The third kappa shape index (κ3) is 6.32. The Hall–Kier alpha value is -3.33. The van der Waals surface area contributed by atoms with Crippen molar-refractivity contribution in [2.75, 3.05) is 23.5 Å². The minimum absolute atomic E-state index is 0.0863. The molecule has 0 atom stereocenters. The van der Waals surface area contributed by atoms with Gasteiger partial charge in [0.2, 0.25) is 11.8 Å². The van der Waals surface area contributed by atoms with Gasteiger partial charge in [-0.25, -0.2) is 0 Å². The average molecular weight is 440 g/mol. The zero-order chi connectivity index (χ0) is 22.2. The van der Waals surface area contributed by atoms with Gasteiger partial charge in [0.05, 0.1) is 19.3 Å². The van der Waals surface area contributed by atoms with E-state index in [-0.39, 0.29) is 24.0 Å². The van der Waals surface area contributed by atoms with Crippen LogP contribution in [0, 0.1) is 6.92 Å². The molecule has 0 radical (unpaired) electrons. The van der Waals surface area contributed by atoms with Gasteiger partial charge < -0.3 is 19.9 Å². The standard InChI is InChI=1S/C22H25N5O3S/c1-4-27-19(13-20(28)23-17-9-11-18(30-3)12-10-17)25-26-22(27)31-14-21(29)24-16-7-5-15(2)6-8-16/h5-12H,4,13-14H2,1-3H3,(H,23,28)(H,24,29). The number of rotatable bonds is 9. The summed E-state index contributed by atoms with van der Waals surface area (Å²) in [5.41, 5.74) is 2.56. The number of aromatic nitrogens is 3. The SMILES string of the molecule is CCn1c(CC(=O)Nc2ccc(OC)cc2)nnc1SCC(=O)Nc1ccc(C)cc1. The number of nitrogens with zero attached hydrogens (tertiary/aromatic N) is 3. The molecular weight excluding hydrogens is 414 g/mol. The highest BCUT2D eigenvalue weighted by Gasteiger charge is 2.16. The topological polar surface area (TPSA) is 98.1 Å². The van der Waals surface area contributed by atoms with Crippen molar-refractivity contribution in [1.82, 2.24) is 14.8 Å². The molecule has 0 saturated carbocycles. The zero-order valence-electron chi connectivity index (χ0n) is 17.7. The molecule has 0 fully saturated rings. The van der Waals surface area contributed by atoms with Crippen LogP contribution in [0.4, 0.5) is 11.4 Å². The van der Waals surface area contributed by atoms with Gasteiger partial charge in [-0.1, -0.05) is 29.5 Å². The number of benzene rings is 2. The van der Waals surface area contributed by atoms with Crippen molar-refractivity contribution < 1.29 is 14.3 Å². The van der Waals surface area contributed by atoms with Crippen molar-refractivity contribution >= 4 is 35.0 Å². The molecular formula is C22H25N5O3S. The van der Waals surface area contributed by atoms with Crippen LogP contribution in [-0.4, -0.2) is 39.4 Å². The number of hydrogen-bond acceptors (Lipinski definition) is 6. The fraction of sp³-hybridized carbons (Fsp3) is 0.273. The quantitative estimate of drug-likeness (QED) is 0.495. The van der Waals surface area contributed by atoms with Crippen molar-refractivity contribution in [3.05, 3.63) is 59.9 Å². The smallest absolute Gasteiger partial charge is 0.234 e. The third-order valence-corrected chi connectivity index (χ3v) is 5.44. The number of carbonyl (C=O) groups is 2. The van der Waals surface area contributed by atoms with Crippen molar-refractivity contribution in [1.29, 1.82) is 0 Å². The van der Waals surface area contributed by atoms with Crippen LogP contribution in [0.15, 0.2) is 53.7 Å². The lowest BCUT2D eigenvalue weighted by atomic mass is 10.2. The monoisotopic (exact) mass is 439 g/mol. The summed E-state index contributed by atoms with van der Waals surface area (Å²) in [5.74, 6) is 1.15. The van der Waals surface area contributed by atoms with E-state index < -0.39 is 0 Å². The van der Waals surface area contributed by atoms with Crippen LogP contribution < -0.4 is 15.4 Å². The minimum Gasteiger partial charge on any atom is -0.497 e. The molecule has 0 saturated heterocycles. The lowest BCUT2D eigenvalue weighted by molar-refractivity contribution is -0.116. The molecule has 3 aromatic rings. The summed E-state index contributed by atoms with van der Waals surface area (Å²) in [6.45, 7) is 4.54. The van der Waals surface area contributed by atoms with E-state index >= 15 is 0 Å². The first kappa shape index (κ1) is 22.4. The second-order valence-electron chi connectivity index (χ2n) is 6.80. The van der Waals surface area contributed by atoms with Gasteiger partial charge in [-0.05, 0) is 50.2 Å². The Kier molecular flexibility index (Phi) is 7.66. The highest BCUT2D eigenvalue weighted by molar-refractivity contribution is 7.99. The largest absolute Gasteiger partial charge is 0.497 e. The van der Waals surface area contributed by atoms with Crippen molar-refractivity contribution in [3.8, 4) is 5.75 Å². The van der Waals surface area contributed by atoms with Crippen LogP contribution in [0.1, 0.15) is 18.3 Å². The van der Waals surface area contributed by atoms with E-state index in [4.69, 9.17) is 4.74 Å². The molecule has 0 aliphatic rings. The highest BCUT2D eigenvalue weighted by atomic mass is 32.2. The molecule has 2 N–H and O–H groups in total. The van der Waals surface area contributed by atoms with Crippen molar-refractivity contribution in [3.63, 3.8) is 0 Å². The number of hydrogen-bond donors (Lipinski definition) is 2. The maximum Gasteiger partial charge on any atom is 0.234 e. The van der Waals surface area contributed by atoms with Gasteiger partial charge in [0.25, 0.3) is 0 Å². The summed E-state index contributed by atoms with van der Waals surface area (Å²) >= 11 is 1.29. The predicted molar refractivity (Wildman–Crippen MR) is 122 cm³/mol. The van der Waals surface area contributed by atoms with Crippen LogP contribution in [0.3, 0.4) is 0 Å². The van der Waals surface area contributed by atoms with E-state index in [2.05, 4.69) is 20.8 Å². The zero-order valence-corrected chi connectivity index (χ0v) is 18.5. The first-order chi connectivity index (χ1) is 15.0. The summed E-state index contributed by atoms with van der Waals surface area (Å²) < 4.78 is 6.96. The predicted octanol–water partition coefficient (Wildman–Crippen LogP) is 3.53. The minimum atomic E-state index is -0.194. The molecule has 2 aromatic carbocycles. The van der Waals surface area contributed by atoms with Gasteiger partial charge in [0, 0.05) is 17.9 Å². The van der Waals surface area contributed by atoms with Gasteiger partial charge in [0.1, 0.15) is 11.6 Å². The lowest BCUT2D eigenvalue weighted by Gasteiger charge is -2.09. The van der Waals surface area contributed by atoms with Crippen molar-refractivity contribution in [2.24, 2.45) is 0 Å². The first-order valence-corrected chi connectivity index (χ1v) is 10.8. The summed E-state index contributed by atoms with van der Waals surface area (Å²) in [5, 5.41) is 14.6. The number of nitrogens with one attached hydrogen (secondary N) is 2. The fourth-order valence-electron chi connectivity index (χ4n) is 2.86. The summed E-state index contributed by atoms with van der Waals surface area (Å²) in [4.78, 5) is 24.7. The van der Waals surface area contributed by atoms with Crippen LogP contribution >= 0.6 is 11.8 Å². The molecule has 0 aliphatic heterocycles. The molecule has 8 nitrogen and oxygen atoms in total. The Labute approximate surface area is 185 Å². The van der Waals surface area contributed by atoms with Crippen LogP contribution in [-0.2, 0) is 22.6 Å². The Bertz CT molecular complexity index is 1030. The van der Waals surface area contributed by atoms with Gasteiger partial charge in [-0.2, -0.15) is 0 Å². The molecule has 31 heavy (non-hydrogen) atoms. The van der Waals surface area contributed by atoms with Gasteiger partial charge in [-0.15, -0.1) is 10.2 Å².